The van der Waals surface area contributed by atoms with Crippen molar-refractivity contribution in [2.24, 2.45) is 0 Å². The molecule has 9 nitrogen and oxygen atoms in total. The number of piperidine rings is 1. The lowest BCUT2D eigenvalue weighted by atomic mass is 9.85. The monoisotopic (exact) mass is 540 g/mol. The molecule has 1 aromatic heterocycles. The van der Waals surface area contributed by atoms with E-state index in [2.05, 4.69) is 37.1 Å². The van der Waals surface area contributed by atoms with Gasteiger partial charge >= 0.3 is 12.1 Å². The van der Waals surface area contributed by atoms with Crippen molar-refractivity contribution in [1.29, 1.82) is 0 Å². The Labute approximate surface area is 232 Å². The van der Waals surface area contributed by atoms with Crippen LogP contribution in [-0.4, -0.2) is 59.0 Å². The molecular formula is C30H44N4O5. The van der Waals surface area contributed by atoms with Crippen LogP contribution in [0.3, 0.4) is 0 Å². The molecule has 1 fully saturated rings. The lowest BCUT2D eigenvalue weighted by Crippen LogP contribution is -2.61. The highest BCUT2D eigenvalue weighted by Crippen LogP contribution is 2.36. The Morgan fingerprint density at radius 3 is 2.31 bits per heavy atom. The molecule has 0 atom stereocenters. The SMILES string of the molecule is CCOC(=O)C1(NC(=O)OC(C)(C)C)CCN(c2nccc(-c3ccc(OC(C)C)c(C(C)(C)C)c3)n2)CC1. The van der Waals surface area contributed by atoms with E-state index in [1.165, 1.54) is 0 Å². The number of hydrogen-bond donors (Lipinski definition) is 1. The molecule has 39 heavy (non-hydrogen) atoms. The summed E-state index contributed by atoms with van der Waals surface area (Å²) in [5.41, 5.74) is 0.931. The molecule has 1 aliphatic heterocycles. The van der Waals surface area contributed by atoms with E-state index in [0.29, 0.717) is 31.9 Å². The number of alkyl carbamates (subject to hydrolysis) is 1. The largest absolute Gasteiger partial charge is 0.491 e. The number of aromatic nitrogens is 2. The van der Waals surface area contributed by atoms with Crippen LogP contribution in [0.4, 0.5) is 10.7 Å². The van der Waals surface area contributed by atoms with E-state index in [1.807, 2.05) is 36.9 Å². The van der Waals surface area contributed by atoms with Gasteiger partial charge < -0.3 is 24.4 Å². The molecule has 0 aliphatic carbocycles. The highest BCUT2D eigenvalue weighted by molar-refractivity contribution is 5.86. The van der Waals surface area contributed by atoms with Gasteiger partial charge in [-0.2, -0.15) is 0 Å². The molecule has 0 spiro atoms. The third kappa shape index (κ3) is 7.83. The zero-order valence-electron chi connectivity index (χ0n) is 24.9. The fraction of sp³-hybridized carbons (Fsp3) is 0.600. The van der Waals surface area contributed by atoms with Crippen LogP contribution < -0.4 is 15.0 Å². The topological polar surface area (TPSA) is 103 Å². The van der Waals surface area contributed by atoms with Crippen molar-refractivity contribution in [2.45, 2.75) is 97.8 Å². The summed E-state index contributed by atoms with van der Waals surface area (Å²) in [6.07, 6.45) is 1.87. The number of carbonyl (C=O) groups excluding carboxylic acids is 2. The zero-order valence-corrected chi connectivity index (χ0v) is 24.9. The lowest BCUT2D eigenvalue weighted by Gasteiger charge is -2.40. The first-order chi connectivity index (χ1) is 18.1. The van der Waals surface area contributed by atoms with E-state index in [9.17, 15) is 9.59 Å². The summed E-state index contributed by atoms with van der Waals surface area (Å²) in [5.74, 6) is 0.991. The first-order valence-electron chi connectivity index (χ1n) is 13.7. The van der Waals surface area contributed by atoms with Crippen LogP contribution in [0.2, 0.25) is 0 Å². The van der Waals surface area contributed by atoms with Crippen LogP contribution in [0.15, 0.2) is 30.5 Å². The van der Waals surface area contributed by atoms with Crippen LogP contribution in [0, 0.1) is 0 Å². The summed E-state index contributed by atoms with van der Waals surface area (Å²) < 4.78 is 16.8. The second-order valence-corrected chi connectivity index (χ2v) is 12.3. The van der Waals surface area contributed by atoms with Crippen LogP contribution in [0.5, 0.6) is 5.75 Å². The second-order valence-electron chi connectivity index (χ2n) is 12.3. The summed E-state index contributed by atoms with van der Waals surface area (Å²) in [6.45, 7) is 18.8. The normalized spacial score (nSPS) is 15.6. The molecule has 0 radical (unpaired) electrons. The molecule has 0 bridgehead atoms. The smallest absolute Gasteiger partial charge is 0.408 e. The van der Waals surface area contributed by atoms with Crippen molar-refractivity contribution in [1.82, 2.24) is 15.3 Å². The third-order valence-corrected chi connectivity index (χ3v) is 6.40. The van der Waals surface area contributed by atoms with Gasteiger partial charge in [-0.3, -0.25) is 0 Å². The van der Waals surface area contributed by atoms with Gasteiger partial charge in [0.05, 0.1) is 18.4 Å². The predicted molar refractivity (Wildman–Crippen MR) is 152 cm³/mol. The van der Waals surface area contributed by atoms with Crippen molar-refractivity contribution in [2.75, 3.05) is 24.6 Å². The van der Waals surface area contributed by atoms with Crippen molar-refractivity contribution in [3.63, 3.8) is 0 Å². The Morgan fingerprint density at radius 2 is 1.74 bits per heavy atom. The molecule has 1 amide bonds. The molecule has 0 saturated carbocycles. The van der Waals surface area contributed by atoms with Crippen molar-refractivity contribution >= 4 is 18.0 Å². The fourth-order valence-electron chi connectivity index (χ4n) is 4.53. The number of anilines is 1. The average molecular weight is 541 g/mol. The van der Waals surface area contributed by atoms with Gasteiger partial charge in [0.25, 0.3) is 0 Å². The Kier molecular flexibility index (Phi) is 9.13. The first kappa shape index (κ1) is 30.2. The highest BCUT2D eigenvalue weighted by Gasteiger charge is 2.45. The molecule has 2 heterocycles. The van der Waals surface area contributed by atoms with E-state index in [0.717, 1.165) is 22.6 Å². The van der Waals surface area contributed by atoms with Crippen LogP contribution >= 0.6 is 0 Å². The van der Waals surface area contributed by atoms with Gasteiger partial charge in [-0.15, -0.1) is 0 Å². The Bertz CT molecular complexity index is 1160. The Hall–Kier alpha value is -3.36. The van der Waals surface area contributed by atoms with Crippen LogP contribution in [0.1, 0.15) is 80.7 Å². The summed E-state index contributed by atoms with van der Waals surface area (Å²) >= 11 is 0. The second kappa shape index (κ2) is 11.8. The summed E-state index contributed by atoms with van der Waals surface area (Å²) in [4.78, 5) is 37.0. The van der Waals surface area contributed by atoms with Gasteiger partial charge in [-0.05, 0) is 84.1 Å². The maximum absolute atomic E-state index is 13.0. The number of nitrogens with zero attached hydrogens (tertiary/aromatic N) is 3. The predicted octanol–water partition coefficient (Wildman–Crippen LogP) is 5.66. The minimum absolute atomic E-state index is 0.0771. The fourth-order valence-corrected chi connectivity index (χ4v) is 4.53. The summed E-state index contributed by atoms with van der Waals surface area (Å²) in [6, 6.07) is 8.06. The lowest BCUT2D eigenvalue weighted by molar-refractivity contribution is -0.152. The number of amides is 1. The molecule has 2 aromatic rings. The van der Waals surface area contributed by atoms with Gasteiger partial charge in [-0.25, -0.2) is 19.6 Å². The number of benzene rings is 1. The van der Waals surface area contributed by atoms with Gasteiger partial charge in [0.1, 0.15) is 16.9 Å². The number of carbonyl (C=O) groups is 2. The molecule has 3 rings (SSSR count). The van der Waals surface area contributed by atoms with Gasteiger partial charge in [-0.1, -0.05) is 20.8 Å². The minimum atomic E-state index is -1.17. The molecule has 1 aliphatic rings. The number of ether oxygens (including phenoxy) is 3. The first-order valence-corrected chi connectivity index (χ1v) is 13.7. The molecule has 1 N–H and O–H groups in total. The van der Waals surface area contributed by atoms with Crippen molar-refractivity contribution < 1.29 is 23.8 Å². The van der Waals surface area contributed by atoms with Crippen LogP contribution in [0.25, 0.3) is 11.3 Å². The quantitative estimate of drug-likeness (QED) is 0.449. The van der Waals surface area contributed by atoms with E-state index >= 15 is 0 Å². The molecule has 1 aromatic carbocycles. The zero-order chi connectivity index (χ0) is 29.0. The Morgan fingerprint density at radius 1 is 1.08 bits per heavy atom. The van der Waals surface area contributed by atoms with E-state index in [4.69, 9.17) is 19.2 Å². The van der Waals surface area contributed by atoms with Gasteiger partial charge in [0, 0.05) is 30.4 Å². The molecular weight excluding hydrogens is 496 g/mol. The Balaban J connectivity index is 1.83. The number of esters is 1. The van der Waals surface area contributed by atoms with Gasteiger partial charge in [0.2, 0.25) is 5.95 Å². The van der Waals surface area contributed by atoms with Crippen molar-refractivity contribution in [3.05, 3.63) is 36.0 Å². The standard InChI is InChI=1S/C30H44N4O5/c1-10-37-25(35)30(33-27(36)39-29(7,8)9)14-17-34(18-15-30)26-31-16-13-23(32-26)21-11-12-24(38-20(2)3)22(19-21)28(4,5)6/h11-13,16,19-20H,10,14-15,17-18H2,1-9H3,(H,33,36). The molecule has 1 saturated heterocycles. The summed E-state index contributed by atoms with van der Waals surface area (Å²) in [7, 11) is 0. The van der Waals surface area contributed by atoms with Crippen LogP contribution in [-0.2, 0) is 19.7 Å². The maximum Gasteiger partial charge on any atom is 0.408 e. The summed E-state index contributed by atoms with van der Waals surface area (Å²) in [5, 5.41) is 2.81. The number of hydrogen-bond acceptors (Lipinski definition) is 8. The maximum atomic E-state index is 13.0. The molecule has 9 heteroatoms. The molecule has 214 valence electrons. The minimum Gasteiger partial charge on any atom is -0.491 e. The van der Waals surface area contributed by atoms with E-state index < -0.39 is 23.2 Å². The van der Waals surface area contributed by atoms with E-state index in [1.54, 1.807) is 33.9 Å². The highest BCUT2D eigenvalue weighted by atomic mass is 16.6. The average Bonchev–Trinajstić information content (AvgIpc) is 2.82. The van der Waals surface area contributed by atoms with Gasteiger partial charge in [0.15, 0.2) is 0 Å². The van der Waals surface area contributed by atoms with E-state index in [-0.39, 0.29) is 18.1 Å². The number of nitrogens with one attached hydrogen (secondary N) is 1. The molecule has 0 unspecified atom stereocenters. The number of rotatable bonds is 7. The van der Waals surface area contributed by atoms with Crippen molar-refractivity contribution in [3.8, 4) is 17.0 Å². The third-order valence-electron chi connectivity index (χ3n) is 6.40.